The van der Waals surface area contributed by atoms with Crippen LogP contribution in [-0.4, -0.2) is 20.3 Å². The Balaban J connectivity index is 1.92. The third kappa shape index (κ3) is 2.49. The Bertz CT molecular complexity index is 1180. The van der Waals surface area contributed by atoms with E-state index in [2.05, 4.69) is 15.2 Å². The van der Waals surface area contributed by atoms with Crippen molar-refractivity contribution in [3.8, 4) is 28.3 Å². The Morgan fingerprint density at radius 1 is 1.00 bits per heavy atom. The van der Waals surface area contributed by atoms with Crippen molar-refractivity contribution in [2.24, 2.45) is 0 Å². The number of hydrogen-bond donors (Lipinski definition) is 3. The van der Waals surface area contributed by atoms with Gasteiger partial charge in [0.25, 0.3) is 5.56 Å². The molecule has 0 amide bonds. The second-order valence-corrected chi connectivity index (χ2v) is 6.63. The van der Waals surface area contributed by atoms with Crippen molar-refractivity contribution in [2.75, 3.05) is 0 Å². The lowest BCUT2D eigenvalue weighted by atomic mass is 10.0. The zero-order valence-electron chi connectivity index (χ0n) is 14.8. The Morgan fingerprint density at radius 2 is 1.69 bits per heavy atom. The number of para-hydroxylation sites is 1. The number of aromatic hydroxyl groups is 1. The molecule has 0 aliphatic rings. The molecule has 0 unspecified atom stereocenters. The summed E-state index contributed by atoms with van der Waals surface area (Å²) in [6.45, 7) is 5.70. The second-order valence-electron chi connectivity index (χ2n) is 6.63. The topological polar surface area (TPSA) is 81.8 Å². The lowest BCUT2D eigenvalue weighted by molar-refractivity contribution is 0.467. The van der Waals surface area contributed by atoms with Crippen molar-refractivity contribution in [3.05, 3.63) is 69.5 Å². The van der Waals surface area contributed by atoms with Crippen molar-refractivity contribution in [1.29, 1.82) is 0 Å². The Labute approximate surface area is 150 Å². The smallest absolute Gasteiger partial charge is 0.273 e. The fourth-order valence-electron chi connectivity index (χ4n) is 3.39. The highest BCUT2D eigenvalue weighted by Gasteiger charge is 2.15. The number of aryl methyl sites for hydroxylation is 3. The molecule has 0 saturated heterocycles. The van der Waals surface area contributed by atoms with E-state index in [4.69, 9.17) is 0 Å². The Morgan fingerprint density at radius 3 is 2.38 bits per heavy atom. The molecule has 2 aromatic heterocycles. The molecular formula is C21H19N3O2. The van der Waals surface area contributed by atoms with E-state index in [-0.39, 0.29) is 11.3 Å². The van der Waals surface area contributed by atoms with E-state index in [1.807, 2.05) is 57.2 Å². The fourth-order valence-corrected chi connectivity index (χ4v) is 3.39. The van der Waals surface area contributed by atoms with Gasteiger partial charge in [-0.3, -0.25) is 4.79 Å². The molecule has 5 heteroatoms. The average Bonchev–Trinajstić information content (AvgIpc) is 2.97. The van der Waals surface area contributed by atoms with E-state index in [1.165, 1.54) is 0 Å². The number of nitrogens with one attached hydrogen (secondary N) is 2. The van der Waals surface area contributed by atoms with Crippen LogP contribution < -0.4 is 5.56 Å². The van der Waals surface area contributed by atoms with Crippen LogP contribution in [0, 0.1) is 20.8 Å². The van der Waals surface area contributed by atoms with Crippen molar-refractivity contribution in [1.82, 2.24) is 15.2 Å². The van der Waals surface area contributed by atoms with Crippen molar-refractivity contribution < 1.29 is 5.11 Å². The number of H-pyrrole nitrogens is 2. The number of benzene rings is 2. The van der Waals surface area contributed by atoms with E-state index in [9.17, 15) is 9.90 Å². The lowest BCUT2D eigenvalue weighted by Crippen LogP contribution is -2.12. The molecule has 0 spiro atoms. The van der Waals surface area contributed by atoms with Gasteiger partial charge < -0.3 is 10.1 Å². The van der Waals surface area contributed by atoms with Gasteiger partial charge >= 0.3 is 0 Å². The van der Waals surface area contributed by atoms with Crippen LogP contribution in [0.1, 0.15) is 16.7 Å². The Kier molecular flexibility index (Phi) is 3.65. The molecular weight excluding hydrogens is 326 g/mol. The predicted molar refractivity (Wildman–Crippen MR) is 103 cm³/mol. The summed E-state index contributed by atoms with van der Waals surface area (Å²) in [5.74, 6) is 0.282. The first-order chi connectivity index (χ1) is 12.5. The first-order valence-corrected chi connectivity index (χ1v) is 8.43. The molecule has 0 radical (unpaired) electrons. The van der Waals surface area contributed by atoms with Gasteiger partial charge in [0.15, 0.2) is 0 Å². The number of phenols is 1. The number of aromatic amines is 2. The van der Waals surface area contributed by atoms with E-state index in [0.717, 1.165) is 38.9 Å². The third-order valence-corrected chi connectivity index (χ3v) is 4.83. The number of aromatic nitrogens is 3. The molecule has 0 saturated carbocycles. The molecule has 3 N–H and O–H groups in total. The van der Waals surface area contributed by atoms with Crippen molar-refractivity contribution in [3.63, 3.8) is 0 Å². The van der Waals surface area contributed by atoms with Crippen LogP contribution in [0.4, 0.5) is 0 Å². The summed E-state index contributed by atoms with van der Waals surface area (Å²) in [7, 11) is 0. The summed E-state index contributed by atoms with van der Waals surface area (Å²) in [6, 6.07) is 13.5. The monoisotopic (exact) mass is 345 g/mol. The zero-order chi connectivity index (χ0) is 18.4. The quantitative estimate of drug-likeness (QED) is 0.509. The molecule has 26 heavy (non-hydrogen) atoms. The van der Waals surface area contributed by atoms with Crippen LogP contribution in [0.5, 0.6) is 5.75 Å². The molecule has 4 rings (SSSR count). The van der Waals surface area contributed by atoms with E-state index in [1.54, 1.807) is 6.07 Å². The maximum Gasteiger partial charge on any atom is 0.273 e. The zero-order valence-corrected chi connectivity index (χ0v) is 14.8. The summed E-state index contributed by atoms with van der Waals surface area (Å²) >= 11 is 0. The fraction of sp³-hybridized carbons (Fsp3) is 0.143. The van der Waals surface area contributed by atoms with Crippen LogP contribution >= 0.6 is 0 Å². The molecule has 2 heterocycles. The highest BCUT2D eigenvalue weighted by Crippen LogP contribution is 2.31. The normalized spacial score (nSPS) is 11.2. The summed E-state index contributed by atoms with van der Waals surface area (Å²) in [6.07, 6.45) is 0. The highest BCUT2D eigenvalue weighted by atomic mass is 16.3. The summed E-state index contributed by atoms with van der Waals surface area (Å²) < 4.78 is 0. The van der Waals surface area contributed by atoms with Crippen LogP contribution in [0.2, 0.25) is 0 Å². The van der Waals surface area contributed by atoms with Crippen LogP contribution in [-0.2, 0) is 0 Å². The van der Waals surface area contributed by atoms with Gasteiger partial charge in [0, 0.05) is 16.5 Å². The number of fused-ring (bicyclic) bond motifs is 1. The van der Waals surface area contributed by atoms with Gasteiger partial charge in [-0.15, -0.1) is 0 Å². The minimum absolute atomic E-state index is 0.240. The molecule has 0 fully saturated rings. The minimum atomic E-state index is -0.240. The molecule has 0 aliphatic carbocycles. The highest BCUT2D eigenvalue weighted by molar-refractivity contribution is 5.90. The van der Waals surface area contributed by atoms with Gasteiger partial charge in [-0.2, -0.15) is 5.10 Å². The predicted octanol–water partition coefficient (Wildman–Crippen LogP) is 4.22. The lowest BCUT2D eigenvalue weighted by Gasteiger charge is -2.08. The Hall–Kier alpha value is -3.34. The number of rotatable bonds is 2. The first-order valence-electron chi connectivity index (χ1n) is 8.43. The van der Waals surface area contributed by atoms with Gasteiger partial charge in [-0.25, -0.2) is 5.10 Å². The van der Waals surface area contributed by atoms with Crippen LogP contribution in [0.25, 0.3) is 33.4 Å². The summed E-state index contributed by atoms with van der Waals surface area (Å²) in [4.78, 5) is 15.8. The molecule has 5 nitrogen and oxygen atoms in total. The average molecular weight is 345 g/mol. The van der Waals surface area contributed by atoms with Gasteiger partial charge in [-0.05, 0) is 61.7 Å². The summed E-state index contributed by atoms with van der Waals surface area (Å²) in [5.41, 5.74) is 6.18. The van der Waals surface area contributed by atoms with E-state index >= 15 is 0 Å². The van der Waals surface area contributed by atoms with E-state index in [0.29, 0.717) is 11.3 Å². The SMILES string of the molecule is Cc1cc(-c2cc(-c3[nH]c4ccccc4c3C)c(=O)[nH]n2)cc(C)c1O. The second kappa shape index (κ2) is 5.88. The van der Waals surface area contributed by atoms with Gasteiger partial charge in [0.05, 0.1) is 17.0 Å². The minimum Gasteiger partial charge on any atom is -0.507 e. The molecule has 0 atom stereocenters. The van der Waals surface area contributed by atoms with Gasteiger partial charge in [-0.1, -0.05) is 18.2 Å². The molecule has 2 aromatic carbocycles. The van der Waals surface area contributed by atoms with Crippen molar-refractivity contribution in [2.45, 2.75) is 20.8 Å². The third-order valence-electron chi connectivity index (χ3n) is 4.83. The molecule has 130 valence electrons. The maximum atomic E-state index is 12.4. The standard InChI is InChI=1S/C21H19N3O2/c1-11-8-14(9-12(2)20(11)25)18-10-16(21(26)24-23-18)19-13(3)15-6-4-5-7-17(15)22-19/h4-10,22,25H,1-3H3,(H,24,26). The molecule has 4 aromatic rings. The molecule has 0 aliphatic heterocycles. The number of phenolic OH excluding ortho intramolecular Hbond substituents is 1. The van der Waals surface area contributed by atoms with Crippen LogP contribution in [0.15, 0.2) is 47.3 Å². The van der Waals surface area contributed by atoms with Gasteiger partial charge in [0.1, 0.15) is 5.75 Å². The van der Waals surface area contributed by atoms with E-state index < -0.39 is 0 Å². The van der Waals surface area contributed by atoms with Crippen LogP contribution in [0.3, 0.4) is 0 Å². The first kappa shape index (κ1) is 16.1. The largest absolute Gasteiger partial charge is 0.507 e. The molecule has 0 bridgehead atoms. The summed E-state index contributed by atoms with van der Waals surface area (Å²) in [5, 5.41) is 17.9. The van der Waals surface area contributed by atoms with Crippen molar-refractivity contribution >= 4 is 10.9 Å². The maximum absolute atomic E-state index is 12.4. The number of hydrogen-bond acceptors (Lipinski definition) is 3. The number of nitrogens with zero attached hydrogens (tertiary/aromatic N) is 1. The van der Waals surface area contributed by atoms with Gasteiger partial charge in [0.2, 0.25) is 0 Å².